The molecule has 2 aromatic carbocycles. The van der Waals surface area contributed by atoms with Gasteiger partial charge in [-0.15, -0.1) is 0 Å². The first-order valence-electron chi connectivity index (χ1n) is 6.26. The molecule has 2 nitrogen and oxygen atoms in total. The van der Waals surface area contributed by atoms with Gasteiger partial charge < -0.3 is 10.2 Å². The van der Waals surface area contributed by atoms with E-state index in [1.165, 1.54) is 6.07 Å². The Hall–Kier alpha value is -2.29. The van der Waals surface area contributed by atoms with Crippen LogP contribution in [0.4, 0.5) is 10.1 Å². The van der Waals surface area contributed by atoms with E-state index in [1.807, 2.05) is 37.3 Å². The summed E-state index contributed by atoms with van der Waals surface area (Å²) in [6.07, 6.45) is 0.855. The molecular formula is C16H14FNO. The largest absolute Gasteiger partial charge is 0.453 e. The van der Waals surface area contributed by atoms with E-state index in [1.54, 1.807) is 6.07 Å². The number of rotatable bonds is 2. The van der Waals surface area contributed by atoms with Crippen molar-refractivity contribution in [2.24, 2.45) is 0 Å². The molecule has 0 saturated heterocycles. The lowest BCUT2D eigenvalue weighted by atomic mass is 10.0. The van der Waals surface area contributed by atoms with E-state index in [9.17, 15) is 4.39 Å². The zero-order valence-corrected chi connectivity index (χ0v) is 10.6. The van der Waals surface area contributed by atoms with Crippen molar-refractivity contribution in [3.8, 4) is 11.3 Å². The Morgan fingerprint density at radius 1 is 1.16 bits per heavy atom. The number of nitrogens with two attached hydrogens (primary N) is 1. The van der Waals surface area contributed by atoms with E-state index in [0.717, 1.165) is 28.6 Å². The molecule has 1 heterocycles. The van der Waals surface area contributed by atoms with Crippen LogP contribution in [0.15, 0.2) is 46.9 Å². The van der Waals surface area contributed by atoms with Gasteiger partial charge >= 0.3 is 0 Å². The average Bonchev–Trinajstić information content (AvgIpc) is 2.85. The normalized spacial score (nSPS) is 11.1. The van der Waals surface area contributed by atoms with Crippen molar-refractivity contribution in [2.75, 3.05) is 5.73 Å². The number of benzene rings is 2. The van der Waals surface area contributed by atoms with E-state index in [0.29, 0.717) is 11.3 Å². The van der Waals surface area contributed by atoms with E-state index in [-0.39, 0.29) is 5.82 Å². The first-order valence-corrected chi connectivity index (χ1v) is 6.26. The highest BCUT2D eigenvalue weighted by atomic mass is 19.1. The van der Waals surface area contributed by atoms with Crippen LogP contribution in [0.1, 0.15) is 12.5 Å². The summed E-state index contributed by atoms with van der Waals surface area (Å²) < 4.78 is 19.2. The molecule has 0 unspecified atom stereocenters. The summed E-state index contributed by atoms with van der Waals surface area (Å²) in [4.78, 5) is 0. The summed E-state index contributed by atoms with van der Waals surface area (Å²) in [5, 5.41) is 0.768. The first kappa shape index (κ1) is 11.8. The molecule has 96 valence electrons. The lowest BCUT2D eigenvalue weighted by Crippen LogP contribution is -1.92. The van der Waals surface area contributed by atoms with Crippen LogP contribution < -0.4 is 5.73 Å². The molecule has 0 aliphatic carbocycles. The van der Waals surface area contributed by atoms with Gasteiger partial charge in [0.1, 0.15) is 5.76 Å². The van der Waals surface area contributed by atoms with E-state index in [2.05, 4.69) is 0 Å². The standard InChI is InChI=1S/C16H14FNO/c1-2-10-8-11(6-7-14(10)18)15-9-12-4-3-5-13(17)16(12)19-15/h3-9H,2,18H2,1H3. The van der Waals surface area contributed by atoms with Crippen LogP contribution in [0.25, 0.3) is 22.3 Å². The summed E-state index contributed by atoms with van der Waals surface area (Å²) in [5.41, 5.74) is 8.94. The fourth-order valence-corrected chi connectivity index (χ4v) is 2.23. The number of para-hydroxylation sites is 1. The van der Waals surface area contributed by atoms with Crippen LogP contribution in [-0.4, -0.2) is 0 Å². The molecule has 2 N–H and O–H groups in total. The van der Waals surface area contributed by atoms with Crippen LogP contribution in [0.5, 0.6) is 0 Å². The summed E-state index contributed by atoms with van der Waals surface area (Å²) in [5.74, 6) is 0.324. The fraction of sp³-hybridized carbons (Fsp3) is 0.125. The minimum Gasteiger partial charge on any atom is -0.453 e. The molecule has 0 amide bonds. The van der Waals surface area contributed by atoms with E-state index in [4.69, 9.17) is 10.2 Å². The molecule has 19 heavy (non-hydrogen) atoms. The molecule has 0 fully saturated rings. The molecule has 0 aliphatic rings. The van der Waals surface area contributed by atoms with Crippen molar-refractivity contribution < 1.29 is 8.81 Å². The third-order valence-electron chi connectivity index (χ3n) is 3.30. The van der Waals surface area contributed by atoms with Crippen LogP contribution >= 0.6 is 0 Å². The maximum absolute atomic E-state index is 13.6. The van der Waals surface area contributed by atoms with Gasteiger partial charge in [0.2, 0.25) is 0 Å². The van der Waals surface area contributed by atoms with Gasteiger partial charge in [-0.2, -0.15) is 0 Å². The predicted molar refractivity (Wildman–Crippen MR) is 75.4 cm³/mol. The zero-order chi connectivity index (χ0) is 13.4. The highest BCUT2D eigenvalue weighted by Crippen LogP contribution is 2.31. The number of aryl methyl sites for hydroxylation is 1. The van der Waals surface area contributed by atoms with Crippen molar-refractivity contribution in [3.63, 3.8) is 0 Å². The highest BCUT2D eigenvalue weighted by Gasteiger charge is 2.10. The molecule has 3 heteroatoms. The quantitative estimate of drug-likeness (QED) is 0.690. The van der Waals surface area contributed by atoms with Crippen LogP contribution in [0.3, 0.4) is 0 Å². The number of nitrogen functional groups attached to an aromatic ring is 1. The second kappa shape index (κ2) is 4.43. The van der Waals surface area contributed by atoms with Crippen LogP contribution in [0, 0.1) is 5.82 Å². The molecule has 0 spiro atoms. The van der Waals surface area contributed by atoms with Crippen LogP contribution in [-0.2, 0) is 6.42 Å². The van der Waals surface area contributed by atoms with Gasteiger partial charge in [-0.3, -0.25) is 0 Å². The molecule has 0 saturated carbocycles. The van der Waals surface area contributed by atoms with Gasteiger partial charge in [0.15, 0.2) is 11.4 Å². The monoisotopic (exact) mass is 255 g/mol. The molecule has 0 bridgehead atoms. The Labute approximate surface area is 110 Å². The number of hydrogen-bond acceptors (Lipinski definition) is 2. The lowest BCUT2D eigenvalue weighted by Gasteiger charge is -2.04. The Kier molecular flexibility index (Phi) is 2.75. The Bertz CT molecular complexity index is 746. The maximum Gasteiger partial charge on any atom is 0.170 e. The van der Waals surface area contributed by atoms with Gasteiger partial charge in [-0.25, -0.2) is 4.39 Å². The average molecular weight is 255 g/mol. The minimum atomic E-state index is -0.338. The third kappa shape index (κ3) is 1.97. The second-order valence-electron chi connectivity index (χ2n) is 4.54. The van der Waals surface area contributed by atoms with Crippen molar-refractivity contribution in [2.45, 2.75) is 13.3 Å². The minimum absolute atomic E-state index is 0.298. The van der Waals surface area contributed by atoms with E-state index < -0.39 is 0 Å². The molecule has 0 atom stereocenters. The summed E-state index contributed by atoms with van der Waals surface area (Å²) in [7, 11) is 0. The highest BCUT2D eigenvalue weighted by molar-refractivity contribution is 5.83. The van der Waals surface area contributed by atoms with Gasteiger partial charge in [0.25, 0.3) is 0 Å². The fourth-order valence-electron chi connectivity index (χ4n) is 2.23. The summed E-state index contributed by atoms with van der Waals surface area (Å²) >= 11 is 0. The Balaban J connectivity index is 2.16. The smallest absolute Gasteiger partial charge is 0.170 e. The molecule has 0 radical (unpaired) electrons. The summed E-state index contributed by atoms with van der Waals surface area (Å²) in [6.45, 7) is 2.05. The maximum atomic E-state index is 13.6. The molecule has 3 rings (SSSR count). The van der Waals surface area contributed by atoms with Gasteiger partial charge in [0, 0.05) is 16.6 Å². The van der Waals surface area contributed by atoms with E-state index >= 15 is 0 Å². The van der Waals surface area contributed by atoms with Crippen molar-refractivity contribution >= 4 is 16.7 Å². The number of halogens is 1. The predicted octanol–water partition coefficient (Wildman–Crippen LogP) is 4.38. The molecule has 3 aromatic rings. The SMILES string of the molecule is CCc1cc(-c2cc3cccc(F)c3o2)ccc1N. The van der Waals surface area contributed by atoms with Gasteiger partial charge in [0.05, 0.1) is 0 Å². The lowest BCUT2D eigenvalue weighted by molar-refractivity contribution is 0.569. The molecule has 0 aliphatic heterocycles. The van der Waals surface area contributed by atoms with Gasteiger partial charge in [-0.1, -0.05) is 19.1 Å². The Morgan fingerprint density at radius 3 is 2.74 bits per heavy atom. The molecule has 1 aromatic heterocycles. The number of furan rings is 1. The second-order valence-corrected chi connectivity index (χ2v) is 4.54. The number of anilines is 1. The van der Waals surface area contributed by atoms with Gasteiger partial charge in [-0.05, 0) is 42.3 Å². The third-order valence-corrected chi connectivity index (χ3v) is 3.30. The number of hydrogen-bond donors (Lipinski definition) is 1. The van der Waals surface area contributed by atoms with Crippen molar-refractivity contribution in [3.05, 3.63) is 53.8 Å². The van der Waals surface area contributed by atoms with Crippen molar-refractivity contribution in [1.29, 1.82) is 0 Å². The van der Waals surface area contributed by atoms with Crippen molar-refractivity contribution in [1.82, 2.24) is 0 Å². The molecular weight excluding hydrogens is 241 g/mol. The first-order chi connectivity index (χ1) is 9.19. The number of fused-ring (bicyclic) bond motifs is 1. The Morgan fingerprint density at radius 2 is 2.00 bits per heavy atom. The van der Waals surface area contributed by atoms with Crippen LogP contribution in [0.2, 0.25) is 0 Å². The summed E-state index contributed by atoms with van der Waals surface area (Å²) in [6, 6.07) is 12.5. The topological polar surface area (TPSA) is 39.2 Å². The zero-order valence-electron chi connectivity index (χ0n) is 10.6.